The zero-order valence-electron chi connectivity index (χ0n) is 16.7. The van der Waals surface area contributed by atoms with Crippen LogP contribution in [0.2, 0.25) is 0 Å². The number of pyridine rings is 1. The van der Waals surface area contributed by atoms with Crippen molar-refractivity contribution in [1.82, 2.24) is 10.3 Å². The Hall–Kier alpha value is -2.77. The summed E-state index contributed by atoms with van der Waals surface area (Å²) in [7, 11) is 1.61. The number of ether oxygens (including phenoxy) is 2. The summed E-state index contributed by atoms with van der Waals surface area (Å²) in [5, 5.41) is 3.06. The second-order valence-electron chi connectivity index (χ2n) is 7.39. The molecule has 1 amide bonds. The average molecular weight is 422 g/mol. The van der Waals surface area contributed by atoms with Crippen molar-refractivity contribution in [3.05, 3.63) is 53.7 Å². The van der Waals surface area contributed by atoms with E-state index in [-0.39, 0.29) is 23.9 Å². The Bertz CT molecular complexity index is 815. The van der Waals surface area contributed by atoms with Gasteiger partial charge in [0, 0.05) is 24.7 Å². The highest BCUT2D eigenvalue weighted by molar-refractivity contribution is 5.76. The van der Waals surface area contributed by atoms with Gasteiger partial charge in [-0.1, -0.05) is 12.1 Å². The Morgan fingerprint density at radius 2 is 1.80 bits per heavy atom. The molecule has 0 spiro atoms. The summed E-state index contributed by atoms with van der Waals surface area (Å²) in [5.41, 5.74) is 0.281. The van der Waals surface area contributed by atoms with Crippen LogP contribution in [0.3, 0.4) is 0 Å². The molecular weight excluding hydrogens is 397 g/mol. The third kappa shape index (κ3) is 6.37. The van der Waals surface area contributed by atoms with E-state index >= 15 is 0 Å². The largest absolute Gasteiger partial charge is 0.497 e. The monoisotopic (exact) mass is 422 g/mol. The third-order valence-corrected chi connectivity index (χ3v) is 5.19. The van der Waals surface area contributed by atoms with Crippen LogP contribution in [0, 0.1) is 0 Å². The molecule has 1 aromatic heterocycles. The molecule has 1 aromatic carbocycles. The summed E-state index contributed by atoms with van der Waals surface area (Å²) in [5.74, 6) is 0.989. The van der Waals surface area contributed by atoms with Gasteiger partial charge in [-0.05, 0) is 55.9 Å². The van der Waals surface area contributed by atoms with Crippen molar-refractivity contribution < 1.29 is 27.4 Å². The van der Waals surface area contributed by atoms with Crippen molar-refractivity contribution in [2.45, 2.75) is 56.8 Å². The summed E-state index contributed by atoms with van der Waals surface area (Å²) in [4.78, 5) is 16.0. The lowest BCUT2D eigenvalue weighted by atomic mass is 9.92. The first kappa shape index (κ1) is 21.9. The number of aryl methyl sites for hydroxylation is 1. The van der Waals surface area contributed by atoms with Crippen molar-refractivity contribution in [1.29, 1.82) is 0 Å². The molecule has 30 heavy (non-hydrogen) atoms. The molecule has 3 rings (SSSR count). The van der Waals surface area contributed by atoms with Crippen molar-refractivity contribution in [3.8, 4) is 11.6 Å². The SMILES string of the molecule is COc1ccc(CCC(=O)NC2CCC(Oc3ccc(C(F)(F)F)cn3)CC2)cc1. The molecule has 5 nitrogen and oxygen atoms in total. The van der Waals surface area contributed by atoms with Crippen LogP contribution in [0.4, 0.5) is 13.2 Å². The highest BCUT2D eigenvalue weighted by atomic mass is 19.4. The quantitative estimate of drug-likeness (QED) is 0.711. The number of hydrogen-bond donors (Lipinski definition) is 1. The van der Waals surface area contributed by atoms with Crippen molar-refractivity contribution in [2.24, 2.45) is 0 Å². The lowest BCUT2D eigenvalue weighted by Crippen LogP contribution is -2.39. The summed E-state index contributed by atoms with van der Waals surface area (Å²) < 4.78 is 48.6. The van der Waals surface area contributed by atoms with Crippen LogP contribution < -0.4 is 14.8 Å². The van der Waals surface area contributed by atoms with E-state index in [4.69, 9.17) is 9.47 Å². The molecule has 1 heterocycles. The van der Waals surface area contributed by atoms with E-state index in [1.54, 1.807) is 7.11 Å². The van der Waals surface area contributed by atoms with Crippen LogP contribution in [-0.4, -0.2) is 30.1 Å². The molecule has 1 fully saturated rings. The zero-order valence-corrected chi connectivity index (χ0v) is 16.7. The second kappa shape index (κ2) is 9.82. The number of amides is 1. The molecular formula is C22H25F3N2O3. The Balaban J connectivity index is 1.38. The smallest absolute Gasteiger partial charge is 0.417 e. The molecule has 0 atom stereocenters. The van der Waals surface area contributed by atoms with Gasteiger partial charge in [0.1, 0.15) is 11.9 Å². The normalized spacial score (nSPS) is 19.2. The highest BCUT2D eigenvalue weighted by Crippen LogP contribution is 2.30. The van der Waals surface area contributed by atoms with Gasteiger partial charge < -0.3 is 14.8 Å². The maximum Gasteiger partial charge on any atom is 0.417 e. The summed E-state index contributed by atoms with van der Waals surface area (Å²) in [6, 6.07) is 9.95. The number of carbonyl (C=O) groups is 1. The van der Waals surface area contributed by atoms with Crippen LogP contribution >= 0.6 is 0 Å². The number of benzene rings is 1. The highest BCUT2D eigenvalue weighted by Gasteiger charge is 2.31. The minimum absolute atomic E-state index is 0.0135. The van der Waals surface area contributed by atoms with Gasteiger partial charge in [0.2, 0.25) is 11.8 Å². The number of hydrogen-bond acceptors (Lipinski definition) is 4. The summed E-state index contributed by atoms with van der Waals surface area (Å²) >= 11 is 0. The average Bonchev–Trinajstić information content (AvgIpc) is 2.74. The number of rotatable bonds is 7. The Kier molecular flexibility index (Phi) is 7.18. The van der Waals surface area contributed by atoms with Crippen molar-refractivity contribution in [3.63, 3.8) is 0 Å². The van der Waals surface area contributed by atoms with E-state index in [1.807, 2.05) is 24.3 Å². The van der Waals surface area contributed by atoms with Crippen molar-refractivity contribution >= 4 is 5.91 Å². The lowest BCUT2D eigenvalue weighted by Gasteiger charge is -2.29. The van der Waals surface area contributed by atoms with Gasteiger partial charge in [-0.25, -0.2) is 4.98 Å². The van der Waals surface area contributed by atoms with E-state index in [1.165, 1.54) is 6.07 Å². The fourth-order valence-corrected chi connectivity index (χ4v) is 3.46. The molecule has 2 aromatic rings. The fraction of sp³-hybridized carbons (Fsp3) is 0.455. The van der Waals surface area contributed by atoms with Crippen molar-refractivity contribution in [2.75, 3.05) is 7.11 Å². The number of methoxy groups -OCH3 is 1. The van der Waals surface area contributed by atoms with Gasteiger partial charge in [-0.15, -0.1) is 0 Å². The number of nitrogens with zero attached hydrogens (tertiary/aromatic N) is 1. The Labute approximate surface area is 173 Å². The third-order valence-electron chi connectivity index (χ3n) is 5.19. The maximum atomic E-state index is 12.6. The second-order valence-corrected chi connectivity index (χ2v) is 7.39. The predicted octanol–water partition coefficient (Wildman–Crippen LogP) is 4.55. The molecule has 0 aliphatic heterocycles. The van der Waals surface area contributed by atoms with Crippen LogP contribution in [0.15, 0.2) is 42.6 Å². The predicted molar refractivity (Wildman–Crippen MR) is 105 cm³/mol. The Morgan fingerprint density at radius 1 is 1.10 bits per heavy atom. The van der Waals surface area contributed by atoms with E-state index in [0.717, 1.165) is 36.4 Å². The van der Waals surface area contributed by atoms with Crippen LogP contribution in [0.5, 0.6) is 11.6 Å². The number of nitrogens with one attached hydrogen (secondary N) is 1. The Morgan fingerprint density at radius 3 is 2.37 bits per heavy atom. The van der Waals surface area contributed by atoms with Gasteiger partial charge >= 0.3 is 6.18 Å². The minimum Gasteiger partial charge on any atom is -0.497 e. The van der Waals surface area contributed by atoms with Gasteiger partial charge in [-0.3, -0.25) is 4.79 Å². The number of alkyl halides is 3. The van der Waals surface area contributed by atoms with Crippen LogP contribution in [0.1, 0.15) is 43.2 Å². The van der Waals surface area contributed by atoms with E-state index in [0.29, 0.717) is 25.7 Å². The molecule has 162 valence electrons. The van der Waals surface area contributed by atoms with Crippen LogP contribution in [0.25, 0.3) is 0 Å². The fourth-order valence-electron chi connectivity index (χ4n) is 3.46. The molecule has 1 saturated carbocycles. The molecule has 1 aliphatic rings. The first-order valence-electron chi connectivity index (χ1n) is 9.95. The van der Waals surface area contributed by atoms with E-state index in [2.05, 4.69) is 10.3 Å². The first-order valence-corrected chi connectivity index (χ1v) is 9.95. The minimum atomic E-state index is -4.41. The van der Waals surface area contributed by atoms with Crippen LogP contribution in [-0.2, 0) is 17.4 Å². The molecule has 0 bridgehead atoms. The van der Waals surface area contributed by atoms with Gasteiger partial charge in [-0.2, -0.15) is 13.2 Å². The van der Waals surface area contributed by atoms with Gasteiger partial charge in [0.15, 0.2) is 0 Å². The molecule has 0 saturated heterocycles. The maximum absolute atomic E-state index is 12.6. The molecule has 0 unspecified atom stereocenters. The van der Waals surface area contributed by atoms with E-state index in [9.17, 15) is 18.0 Å². The van der Waals surface area contributed by atoms with Gasteiger partial charge in [0.25, 0.3) is 0 Å². The lowest BCUT2D eigenvalue weighted by molar-refractivity contribution is -0.137. The zero-order chi connectivity index (χ0) is 21.6. The molecule has 0 radical (unpaired) electrons. The number of aromatic nitrogens is 1. The number of carbonyl (C=O) groups excluding carboxylic acids is 1. The van der Waals surface area contributed by atoms with Gasteiger partial charge in [0.05, 0.1) is 12.7 Å². The summed E-state index contributed by atoms with van der Waals surface area (Å²) in [6.07, 6.45) is 0.296. The topological polar surface area (TPSA) is 60.5 Å². The molecule has 8 heteroatoms. The standard InChI is InChI=1S/C22H25F3N2O3/c1-29-18-8-2-15(3-9-18)4-12-20(28)27-17-6-10-19(11-7-17)30-21-13-5-16(14-26-21)22(23,24)25/h2-3,5,8-9,13-14,17,19H,4,6-7,10-12H2,1H3,(H,27,28). The van der Waals surface area contributed by atoms with E-state index < -0.39 is 11.7 Å². The number of halogens is 3. The summed E-state index contributed by atoms with van der Waals surface area (Å²) in [6.45, 7) is 0. The molecule has 1 aliphatic carbocycles. The first-order chi connectivity index (χ1) is 14.3. The molecule has 1 N–H and O–H groups in total.